The number of para-hydroxylation sites is 1. The van der Waals surface area contributed by atoms with Crippen LogP contribution in [0.25, 0.3) is 6.08 Å². The molecule has 74 valence electrons. The van der Waals surface area contributed by atoms with Crippen molar-refractivity contribution in [2.24, 2.45) is 5.73 Å². The van der Waals surface area contributed by atoms with E-state index in [-0.39, 0.29) is 6.41 Å². The van der Waals surface area contributed by atoms with E-state index in [1.807, 2.05) is 36.4 Å². The van der Waals surface area contributed by atoms with Crippen molar-refractivity contribution in [3.05, 3.63) is 35.9 Å². The van der Waals surface area contributed by atoms with Gasteiger partial charge in [0, 0.05) is 0 Å². The number of benzene rings is 1. The smallest absolute Gasteiger partial charge is 0.204 e. The molecule has 0 aliphatic carbocycles. The number of carbonyl (C=O) groups is 1. The second-order valence-corrected chi connectivity index (χ2v) is 2.68. The quantitative estimate of drug-likeness (QED) is 0.603. The van der Waals surface area contributed by atoms with Gasteiger partial charge in [0.25, 0.3) is 0 Å². The van der Waals surface area contributed by atoms with Crippen molar-refractivity contribution in [3.63, 3.8) is 0 Å². The first-order valence-electron chi connectivity index (χ1n) is 4.17. The summed E-state index contributed by atoms with van der Waals surface area (Å²) >= 11 is 0. The summed E-state index contributed by atoms with van der Waals surface area (Å²) in [5.74, 6) is 0. The van der Waals surface area contributed by atoms with E-state index < -0.39 is 0 Å². The fraction of sp³-hybridized carbons (Fsp3) is 0.100. The standard InChI is InChI=1S/C9H9NO.CH3NO/c11-10-7-3-5-8-4-1-2-6-9(8)10;2-1-3/h1-6,11H,7H2;1H,(H2,2,3). The molecule has 0 spiro atoms. The maximum absolute atomic E-state index is 9.34. The molecule has 0 atom stereocenters. The number of fused-ring (bicyclic) bond motifs is 1. The zero-order chi connectivity index (χ0) is 10.4. The molecule has 0 unspecified atom stereocenters. The van der Waals surface area contributed by atoms with Gasteiger partial charge in [-0.25, -0.2) is 0 Å². The molecule has 0 saturated carbocycles. The predicted octanol–water partition coefficient (Wildman–Crippen LogP) is 1.01. The van der Waals surface area contributed by atoms with Gasteiger partial charge in [0.05, 0.1) is 12.2 Å². The highest BCUT2D eigenvalue weighted by molar-refractivity contribution is 5.69. The third-order valence-electron chi connectivity index (χ3n) is 1.79. The molecular formula is C10H12N2O2. The van der Waals surface area contributed by atoms with Gasteiger partial charge < -0.3 is 5.73 Å². The molecule has 14 heavy (non-hydrogen) atoms. The maximum Gasteiger partial charge on any atom is 0.204 e. The molecular weight excluding hydrogens is 180 g/mol. The minimum Gasteiger partial charge on any atom is -0.372 e. The van der Waals surface area contributed by atoms with Crippen molar-refractivity contribution >= 4 is 18.2 Å². The molecule has 0 bridgehead atoms. The predicted molar refractivity (Wildman–Crippen MR) is 54.9 cm³/mol. The Hall–Kier alpha value is -1.81. The molecule has 1 heterocycles. The van der Waals surface area contributed by atoms with Crippen LogP contribution < -0.4 is 10.8 Å². The lowest BCUT2D eigenvalue weighted by molar-refractivity contribution is -0.106. The SMILES string of the molecule is NC=O.ON1CC=Cc2ccccc21. The van der Waals surface area contributed by atoms with Gasteiger partial charge in [-0.05, 0) is 11.6 Å². The summed E-state index contributed by atoms with van der Waals surface area (Å²) in [6.07, 6.45) is 4.20. The summed E-state index contributed by atoms with van der Waals surface area (Å²) in [6, 6.07) is 7.76. The highest BCUT2D eigenvalue weighted by atomic mass is 16.5. The largest absolute Gasteiger partial charge is 0.372 e. The Bertz CT molecular complexity index is 337. The van der Waals surface area contributed by atoms with E-state index >= 15 is 0 Å². The second kappa shape index (κ2) is 5.04. The Morgan fingerprint density at radius 2 is 2.07 bits per heavy atom. The Morgan fingerprint density at radius 1 is 1.43 bits per heavy atom. The van der Waals surface area contributed by atoms with E-state index in [1.54, 1.807) is 0 Å². The number of nitrogens with two attached hydrogens (primary N) is 1. The van der Waals surface area contributed by atoms with Crippen LogP contribution in [0.1, 0.15) is 5.56 Å². The van der Waals surface area contributed by atoms with Crippen molar-refractivity contribution in [3.8, 4) is 0 Å². The molecule has 4 nitrogen and oxygen atoms in total. The van der Waals surface area contributed by atoms with Gasteiger partial charge in [-0.15, -0.1) is 0 Å². The molecule has 1 aliphatic heterocycles. The van der Waals surface area contributed by atoms with Crippen LogP contribution in [-0.4, -0.2) is 18.2 Å². The first-order valence-corrected chi connectivity index (χ1v) is 4.17. The van der Waals surface area contributed by atoms with Crippen LogP contribution in [-0.2, 0) is 4.79 Å². The molecule has 3 N–H and O–H groups in total. The summed E-state index contributed by atoms with van der Waals surface area (Å²) in [4.78, 5) is 8.58. The van der Waals surface area contributed by atoms with Crippen LogP contribution in [0.4, 0.5) is 5.69 Å². The molecule has 0 fully saturated rings. The van der Waals surface area contributed by atoms with Crippen LogP contribution in [0.3, 0.4) is 0 Å². The van der Waals surface area contributed by atoms with Crippen LogP contribution in [0.15, 0.2) is 30.3 Å². The number of primary amides is 1. The van der Waals surface area contributed by atoms with E-state index in [2.05, 4.69) is 5.73 Å². The van der Waals surface area contributed by atoms with Crippen molar-refractivity contribution in [2.45, 2.75) is 0 Å². The Morgan fingerprint density at radius 3 is 2.71 bits per heavy atom. The molecule has 1 amide bonds. The van der Waals surface area contributed by atoms with Crippen molar-refractivity contribution in [1.29, 1.82) is 0 Å². The lowest BCUT2D eigenvalue weighted by atomic mass is 10.1. The molecule has 0 aromatic heterocycles. The highest BCUT2D eigenvalue weighted by Crippen LogP contribution is 2.23. The Balaban J connectivity index is 0.000000293. The summed E-state index contributed by atoms with van der Waals surface area (Å²) < 4.78 is 0. The number of amides is 1. The number of hydrogen-bond donors (Lipinski definition) is 2. The lowest BCUT2D eigenvalue weighted by Gasteiger charge is -2.20. The summed E-state index contributed by atoms with van der Waals surface area (Å²) in [5, 5.41) is 10.6. The van der Waals surface area contributed by atoms with Crippen molar-refractivity contribution < 1.29 is 10.0 Å². The van der Waals surface area contributed by atoms with E-state index in [0.29, 0.717) is 6.54 Å². The highest BCUT2D eigenvalue weighted by Gasteiger charge is 2.08. The zero-order valence-electron chi connectivity index (χ0n) is 7.63. The van der Waals surface area contributed by atoms with E-state index in [0.717, 1.165) is 11.3 Å². The van der Waals surface area contributed by atoms with E-state index in [9.17, 15) is 5.21 Å². The molecule has 1 aromatic rings. The average Bonchev–Trinajstić information content (AvgIpc) is 2.20. The molecule has 1 aliphatic rings. The molecule has 0 radical (unpaired) electrons. The third-order valence-corrected chi connectivity index (χ3v) is 1.79. The fourth-order valence-corrected chi connectivity index (χ4v) is 1.24. The number of nitrogens with zero attached hydrogens (tertiary/aromatic N) is 1. The normalized spacial score (nSPS) is 12.5. The second-order valence-electron chi connectivity index (χ2n) is 2.68. The lowest BCUT2D eigenvalue weighted by Crippen LogP contribution is -2.20. The number of rotatable bonds is 0. The first-order chi connectivity index (χ1) is 6.79. The van der Waals surface area contributed by atoms with Gasteiger partial charge in [-0.1, -0.05) is 30.4 Å². The minimum absolute atomic E-state index is 0.250. The Kier molecular flexibility index (Phi) is 3.69. The summed E-state index contributed by atoms with van der Waals surface area (Å²) in [7, 11) is 0. The minimum atomic E-state index is 0.250. The van der Waals surface area contributed by atoms with Gasteiger partial charge in [-0.2, -0.15) is 0 Å². The molecule has 1 aromatic carbocycles. The van der Waals surface area contributed by atoms with E-state index in [1.165, 1.54) is 5.06 Å². The van der Waals surface area contributed by atoms with Crippen LogP contribution in [0.2, 0.25) is 0 Å². The number of hydrogen-bond acceptors (Lipinski definition) is 3. The third kappa shape index (κ3) is 2.34. The van der Waals surface area contributed by atoms with Crippen molar-refractivity contribution in [1.82, 2.24) is 0 Å². The number of anilines is 1. The van der Waals surface area contributed by atoms with Gasteiger partial charge in [0.2, 0.25) is 6.41 Å². The Labute approximate surface area is 82.2 Å². The van der Waals surface area contributed by atoms with Crippen LogP contribution in [0.5, 0.6) is 0 Å². The fourth-order valence-electron chi connectivity index (χ4n) is 1.24. The zero-order valence-corrected chi connectivity index (χ0v) is 7.63. The van der Waals surface area contributed by atoms with Crippen LogP contribution >= 0.6 is 0 Å². The molecule has 2 rings (SSSR count). The van der Waals surface area contributed by atoms with Gasteiger partial charge in [0.1, 0.15) is 0 Å². The van der Waals surface area contributed by atoms with Gasteiger partial charge in [0.15, 0.2) is 0 Å². The van der Waals surface area contributed by atoms with Gasteiger partial charge in [-0.3, -0.25) is 15.1 Å². The average molecular weight is 192 g/mol. The van der Waals surface area contributed by atoms with E-state index in [4.69, 9.17) is 4.79 Å². The monoisotopic (exact) mass is 192 g/mol. The number of carbonyl (C=O) groups excluding carboxylic acids is 1. The summed E-state index contributed by atoms with van der Waals surface area (Å²) in [5.41, 5.74) is 6.12. The van der Waals surface area contributed by atoms with Crippen LogP contribution in [0, 0.1) is 0 Å². The number of hydroxylamine groups is 1. The topological polar surface area (TPSA) is 66.6 Å². The van der Waals surface area contributed by atoms with Crippen molar-refractivity contribution in [2.75, 3.05) is 11.6 Å². The molecule has 0 saturated heterocycles. The maximum atomic E-state index is 9.34. The van der Waals surface area contributed by atoms with Gasteiger partial charge >= 0.3 is 0 Å². The first kappa shape index (κ1) is 10.3. The molecule has 4 heteroatoms. The summed E-state index contributed by atoms with van der Waals surface area (Å²) in [6.45, 7) is 0.580.